The molecule has 0 spiro atoms. The summed E-state index contributed by atoms with van der Waals surface area (Å²) in [5.41, 5.74) is 1.78. The van der Waals surface area contributed by atoms with Gasteiger partial charge < -0.3 is 20.0 Å². The number of nitrogens with zero attached hydrogens (tertiary/aromatic N) is 6. The number of oxime groups is 1. The Labute approximate surface area is 265 Å². The second-order valence-electron chi connectivity index (χ2n) is 10.9. The summed E-state index contributed by atoms with van der Waals surface area (Å²) in [4.78, 5) is 21.9. The first-order chi connectivity index (χ1) is 21.7. The van der Waals surface area contributed by atoms with E-state index in [4.69, 9.17) is 14.6 Å². The van der Waals surface area contributed by atoms with Crippen LogP contribution in [0.25, 0.3) is 0 Å². The second kappa shape index (κ2) is 13.5. The van der Waals surface area contributed by atoms with Crippen LogP contribution < -0.4 is 15.1 Å². The van der Waals surface area contributed by atoms with Crippen LogP contribution in [0.15, 0.2) is 119 Å². The Bertz CT molecular complexity index is 1680. The maximum absolute atomic E-state index is 13.3. The molecule has 5 aromatic rings. The Morgan fingerprint density at radius 1 is 0.956 bits per heavy atom. The van der Waals surface area contributed by atoms with E-state index in [0.717, 1.165) is 16.7 Å². The van der Waals surface area contributed by atoms with Crippen molar-refractivity contribution in [2.24, 2.45) is 10.3 Å². The quantitative estimate of drug-likeness (QED) is 0.0589. The smallest absolute Gasteiger partial charge is 0.344 e. The summed E-state index contributed by atoms with van der Waals surface area (Å²) in [6.45, 7) is 5.20. The largest absolute Gasteiger partial charge is 0.855 e. The molecule has 3 aromatic carbocycles. The minimum atomic E-state index is -0.801. The molecule has 0 bridgehead atoms. The lowest BCUT2D eigenvalue weighted by atomic mass is 9.77. The number of thiazole rings is 1. The minimum Gasteiger partial charge on any atom is -0.855 e. The molecule has 1 N–H and O–H groups in total. The number of hydrogen-bond acceptors (Lipinski definition) is 10. The third-order valence-corrected chi connectivity index (χ3v) is 7.29. The molecule has 0 unspecified atom stereocenters. The highest BCUT2D eigenvalue weighted by Crippen LogP contribution is 2.40. The number of rotatable bonds is 11. The van der Waals surface area contributed by atoms with Gasteiger partial charge in [-0.1, -0.05) is 96.2 Å². The van der Waals surface area contributed by atoms with E-state index in [9.17, 15) is 9.90 Å². The van der Waals surface area contributed by atoms with Crippen molar-refractivity contribution in [3.05, 3.63) is 131 Å². The van der Waals surface area contributed by atoms with Crippen molar-refractivity contribution in [1.29, 1.82) is 0 Å². The summed E-state index contributed by atoms with van der Waals surface area (Å²) in [7, 11) is 1.34. The Kier molecular flexibility index (Phi) is 9.33. The van der Waals surface area contributed by atoms with Gasteiger partial charge >= 0.3 is 5.97 Å². The lowest BCUT2D eigenvalue weighted by Crippen LogP contribution is -2.38. The first-order valence-corrected chi connectivity index (χ1v) is 15.0. The zero-order valence-electron chi connectivity index (χ0n) is 25.3. The standard InChI is InChI=1S/C33H33N7O4S/c1-32(2,3)44-28(41)20-39-23-40(22-34-39)37-30(42)29(38-43-4)27-21-45-31(35-27)36-33(24-14-8-5-9-15-24,25-16-10-6-11-17-25)26-18-12-7-13-19-26/h5-19,21-23H,20H2,1-4H3,(H-,35,36,37,42). The molecule has 2 aromatic heterocycles. The molecular formula is C33H33N7O4S. The van der Waals surface area contributed by atoms with Crippen molar-refractivity contribution in [3.8, 4) is 0 Å². The fourth-order valence-electron chi connectivity index (χ4n) is 4.77. The number of esters is 1. The maximum atomic E-state index is 13.3. The van der Waals surface area contributed by atoms with E-state index in [1.807, 2.05) is 54.6 Å². The summed E-state index contributed by atoms with van der Waals surface area (Å²) in [6.07, 6.45) is 2.70. The number of ether oxygens (including phenoxy) is 1. The van der Waals surface area contributed by atoms with E-state index in [1.54, 1.807) is 26.2 Å². The fourth-order valence-corrected chi connectivity index (χ4v) is 5.53. The van der Waals surface area contributed by atoms with Crippen molar-refractivity contribution < 1.29 is 24.2 Å². The van der Waals surface area contributed by atoms with Crippen LogP contribution >= 0.6 is 11.3 Å². The van der Waals surface area contributed by atoms with E-state index in [0.29, 0.717) is 5.13 Å². The minimum absolute atomic E-state index is 0.0982. The molecule has 0 aliphatic heterocycles. The molecule has 12 heteroatoms. The third kappa shape index (κ3) is 7.42. The third-order valence-electron chi connectivity index (χ3n) is 6.53. The van der Waals surface area contributed by atoms with Gasteiger partial charge in [-0.25, -0.2) is 9.78 Å². The van der Waals surface area contributed by atoms with Crippen molar-refractivity contribution in [2.45, 2.75) is 38.5 Å². The Hall–Kier alpha value is -5.36. The molecule has 11 nitrogen and oxygen atoms in total. The van der Waals surface area contributed by atoms with Crippen molar-refractivity contribution in [2.75, 3.05) is 12.4 Å². The highest BCUT2D eigenvalue weighted by atomic mass is 32.1. The van der Waals surface area contributed by atoms with Crippen LogP contribution in [-0.4, -0.2) is 45.1 Å². The Morgan fingerprint density at radius 2 is 1.51 bits per heavy atom. The first kappa shape index (κ1) is 31.1. The number of benzene rings is 3. The molecule has 0 atom stereocenters. The number of hydrogen-bond donors (Lipinski definition) is 1. The lowest BCUT2D eigenvalue weighted by molar-refractivity contribution is -0.682. The number of carbonyl (C=O) groups excluding carboxylic acids is 1. The van der Waals surface area contributed by atoms with Gasteiger partial charge in [0, 0.05) is 10.5 Å². The monoisotopic (exact) mass is 623 g/mol. The number of aromatic nitrogens is 4. The molecular weight excluding hydrogens is 590 g/mol. The van der Waals surface area contributed by atoms with E-state index in [2.05, 4.69) is 57.1 Å². The molecule has 230 valence electrons. The normalized spacial score (nSPS) is 12.5. The average Bonchev–Trinajstić information content (AvgIpc) is 3.68. The van der Waals surface area contributed by atoms with Gasteiger partial charge in [-0.15, -0.1) is 25.8 Å². The molecule has 0 amide bonds. The summed E-state index contributed by atoms with van der Waals surface area (Å²) in [5, 5.41) is 31.4. The van der Waals surface area contributed by atoms with Crippen molar-refractivity contribution in [3.63, 3.8) is 0 Å². The molecule has 0 aliphatic carbocycles. The van der Waals surface area contributed by atoms with E-state index < -0.39 is 23.0 Å². The zero-order chi connectivity index (χ0) is 31.9. The molecule has 45 heavy (non-hydrogen) atoms. The molecule has 0 saturated heterocycles. The number of carbonyl (C=O) groups is 1. The van der Waals surface area contributed by atoms with Gasteiger partial charge in [0.25, 0.3) is 6.33 Å². The molecule has 0 aliphatic rings. The predicted octanol–water partition coefficient (Wildman–Crippen LogP) is 3.95. The second-order valence-corrected chi connectivity index (χ2v) is 11.8. The lowest BCUT2D eigenvalue weighted by Gasteiger charge is -2.36. The first-order valence-electron chi connectivity index (χ1n) is 14.1. The summed E-state index contributed by atoms with van der Waals surface area (Å²) >= 11 is 1.33. The van der Waals surface area contributed by atoms with Crippen molar-refractivity contribution >= 4 is 34.0 Å². The van der Waals surface area contributed by atoms with E-state index in [-0.39, 0.29) is 18.0 Å². The van der Waals surface area contributed by atoms with Gasteiger partial charge in [0.2, 0.25) is 12.9 Å². The molecule has 2 heterocycles. The van der Waals surface area contributed by atoms with Crippen LogP contribution in [0.1, 0.15) is 43.2 Å². The molecule has 5 rings (SSSR count). The summed E-state index contributed by atoms with van der Waals surface area (Å²) in [6, 6.07) is 30.4. The highest BCUT2D eigenvalue weighted by molar-refractivity contribution is 7.14. The molecule has 0 fully saturated rings. The van der Waals surface area contributed by atoms with Gasteiger partial charge in [0.05, 0.1) is 5.90 Å². The van der Waals surface area contributed by atoms with Gasteiger partial charge in [0.1, 0.15) is 29.7 Å². The number of nitrogens with one attached hydrogen (secondary N) is 1. The van der Waals surface area contributed by atoms with Crippen LogP contribution in [-0.2, 0) is 26.5 Å². The zero-order valence-corrected chi connectivity index (χ0v) is 26.1. The van der Waals surface area contributed by atoms with Crippen LogP contribution in [0, 0.1) is 0 Å². The summed E-state index contributed by atoms with van der Waals surface area (Å²) < 4.78 is 7.83. The van der Waals surface area contributed by atoms with Gasteiger partial charge in [-0.2, -0.15) is 0 Å². The fraction of sp³-hybridized carbons (Fsp3) is 0.212. The molecule has 0 saturated carbocycles. The average molecular weight is 624 g/mol. The van der Waals surface area contributed by atoms with Crippen LogP contribution in [0.2, 0.25) is 0 Å². The highest BCUT2D eigenvalue weighted by Gasteiger charge is 2.37. The Morgan fingerprint density at radius 3 is 2.02 bits per heavy atom. The van der Waals surface area contributed by atoms with Crippen LogP contribution in [0.4, 0.5) is 5.13 Å². The van der Waals surface area contributed by atoms with E-state index in [1.165, 1.54) is 40.5 Å². The van der Waals surface area contributed by atoms with Crippen LogP contribution in [0.3, 0.4) is 0 Å². The molecule has 0 radical (unpaired) electrons. The number of anilines is 1. The van der Waals surface area contributed by atoms with Gasteiger partial charge in [-0.3, -0.25) is 0 Å². The van der Waals surface area contributed by atoms with Crippen molar-refractivity contribution in [1.82, 2.24) is 14.8 Å². The SMILES string of the molecule is CON=C(C([O-])=N[n+]1cnn(CC(=O)OC(C)(C)C)c1)c1csc(NC(c2ccccc2)(c2ccccc2)c2ccccc2)n1. The van der Waals surface area contributed by atoms with Crippen LogP contribution in [0.5, 0.6) is 0 Å². The summed E-state index contributed by atoms with van der Waals surface area (Å²) in [5.74, 6) is -1.18. The Balaban J connectivity index is 1.47. The van der Waals surface area contributed by atoms with Gasteiger partial charge in [-0.05, 0) is 37.5 Å². The predicted molar refractivity (Wildman–Crippen MR) is 170 cm³/mol. The topological polar surface area (TPSA) is 130 Å². The maximum Gasteiger partial charge on any atom is 0.344 e. The van der Waals surface area contributed by atoms with E-state index >= 15 is 0 Å². The van der Waals surface area contributed by atoms with Gasteiger partial charge in [0.15, 0.2) is 5.13 Å².